The molecule has 1 aromatic heterocycles. The SMILES string of the molecule is CN[C@H](CCC(=O)O)C(=O)C(=O)C(CCCNC(=N)N)NC(=O)[C@@H](NC(=O)C(CCCCN)NC(=O)[C@H](CCCNC(=N)N)NC(=O)C(CCSC)NC(=O)[C@H](C)NC(=O)C(CCCNC(=N)N)NC(=O)[C@H](CCC(N)=O)NC(=O)C(Cc1c[nH]c2ccccc12)NC(=O)[C@H](CCC(N)=O)NN[C@@H](Cc1ccccc1)C(N)=O)C(C)C. The number of Topliss-reactive ketones (excluding diaryl/α,β-unsaturated/α-hetero) is 2. The Labute approximate surface area is 676 Å². The first-order valence-electron chi connectivity index (χ1n) is 38.1. The number of para-hydroxylation sites is 1. The lowest BCUT2D eigenvalue weighted by molar-refractivity contribution is -0.141. The number of primary amides is 3. The van der Waals surface area contributed by atoms with Crippen LogP contribution in [0.3, 0.4) is 0 Å². The Bertz CT molecular complexity index is 3830. The number of aromatic nitrogens is 1. The minimum Gasteiger partial charge on any atom is -0.481 e. The van der Waals surface area contributed by atoms with E-state index < -0.39 is 198 Å². The van der Waals surface area contributed by atoms with Crippen LogP contribution in [0.4, 0.5) is 0 Å². The number of hydrogen-bond donors (Lipinski definition) is 27. The van der Waals surface area contributed by atoms with Crippen molar-refractivity contribution in [2.45, 2.75) is 209 Å². The van der Waals surface area contributed by atoms with Gasteiger partial charge in [0.15, 0.2) is 17.9 Å². The molecule has 42 nitrogen and oxygen atoms in total. The first kappa shape index (κ1) is 98.6. The van der Waals surface area contributed by atoms with Crippen LogP contribution < -0.4 is 120 Å². The molecule has 5 unspecified atom stereocenters. The molecule has 0 fully saturated rings. The number of benzene rings is 2. The fraction of sp³-hybridized carbons (Fsp3) is 0.562. The molecular weight excluding hydrogens is 1530 g/mol. The highest BCUT2D eigenvalue weighted by Gasteiger charge is 2.38. The van der Waals surface area contributed by atoms with Crippen molar-refractivity contribution in [2.24, 2.45) is 46.1 Å². The van der Waals surface area contributed by atoms with Gasteiger partial charge in [-0.1, -0.05) is 62.4 Å². The predicted octanol–water partition coefficient (Wildman–Crippen LogP) is -5.90. The standard InChI is InChI=1S/C73H118N26O16S/c1-39(2)58(70(115)90-46(21-13-32-85-71(78)79)60(105)59(104)45(84-4)26-29-57(102)103)97-67(112)47(20-11-12-31-74)92-64(109)49(23-15-34-87-73(82)83)94-66(111)51(30-35-116-5)91-62(107)40(3)89-63(108)48(22-14-33-86-72(80)81)93-65(110)50(24-27-55(75)100)95-69(114)54(37-42-38-88-44-19-10-9-18-43(42)44)96-68(113)52(25-28-56(76)101)98-99-53(61(77)106)36-41-16-7-6-8-17-41/h6-10,16-19,38-40,45-54,58,84,88,98-99H,11-15,20-37,74H2,1-5H3,(H2,75,100)(H2,76,101)(H2,77,106)(H,89,108)(H,90,115)(H,91,107)(H,92,109)(H,93,110)(H,94,111)(H,95,114)(H,96,113)(H,97,112)(H,102,103)(H4,78,79,85)(H4,80,81,86)(H4,82,83,87)/t40-,45+,46?,47?,48?,49-,50-,51?,52-,53-,54?,58-/m0/s1. The summed E-state index contributed by atoms with van der Waals surface area (Å²) < 4.78 is 0. The molecule has 3 aromatic rings. The van der Waals surface area contributed by atoms with E-state index >= 15 is 0 Å². The van der Waals surface area contributed by atoms with Gasteiger partial charge in [0.25, 0.3) is 0 Å². The summed E-state index contributed by atoms with van der Waals surface area (Å²) in [7, 11) is 1.36. The van der Waals surface area contributed by atoms with Gasteiger partial charge in [0.05, 0.1) is 12.1 Å². The average Bonchev–Trinajstić information content (AvgIpc) is 1.67. The van der Waals surface area contributed by atoms with Crippen LogP contribution in [0.15, 0.2) is 60.8 Å². The van der Waals surface area contributed by atoms with E-state index in [4.69, 9.17) is 56.4 Å². The van der Waals surface area contributed by atoms with E-state index in [0.29, 0.717) is 28.5 Å². The van der Waals surface area contributed by atoms with Crippen LogP contribution in [-0.4, -0.2) is 234 Å². The minimum atomic E-state index is -1.68. The number of thioether (sulfide) groups is 1. The number of carbonyl (C=O) groups is 15. The van der Waals surface area contributed by atoms with Gasteiger partial charge < -0.3 is 119 Å². The highest BCUT2D eigenvalue weighted by Crippen LogP contribution is 2.21. The van der Waals surface area contributed by atoms with E-state index in [1.807, 2.05) is 0 Å². The lowest BCUT2D eigenvalue weighted by atomic mass is 9.95. The fourth-order valence-electron chi connectivity index (χ4n) is 11.9. The number of amides is 12. The molecule has 0 bridgehead atoms. The molecule has 2 aromatic carbocycles. The summed E-state index contributed by atoms with van der Waals surface area (Å²) in [5.41, 5.74) is 46.6. The Hall–Kier alpha value is -11.6. The van der Waals surface area contributed by atoms with Crippen molar-refractivity contribution in [1.29, 1.82) is 16.2 Å². The lowest BCUT2D eigenvalue weighted by Gasteiger charge is -2.29. The Morgan fingerprint density at radius 2 is 0.853 bits per heavy atom. The number of nitrogens with one attached hydrogen (secondary N) is 19. The molecule has 43 heteroatoms. The molecule has 0 saturated carbocycles. The quantitative estimate of drug-likeness (QED) is 0.00823. The van der Waals surface area contributed by atoms with Crippen LogP contribution in [-0.2, 0) is 84.8 Å². The van der Waals surface area contributed by atoms with Crippen LogP contribution in [0.1, 0.15) is 135 Å². The first-order valence-corrected chi connectivity index (χ1v) is 39.5. The number of nitrogens with two attached hydrogens (primary N) is 7. The van der Waals surface area contributed by atoms with Crippen molar-refractivity contribution >= 4 is 129 Å². The summed E-state index contributed by atoms with van der Waals surface area (Å²) >= 11 is 1.29. The van der Waals surface area contributed by atoms with E-state index in [-0.39, 0.29) is 128 Å². The molecule has 34 N–H and O–H groups in total. The number of guanidine groups is 3. The number of fused-ring (bicyclic) bond motifs is 1. The molecule has 642 valence electrons. The normalized spacial score (nSPS) is 14.2. The van der Waals surface area contributed by atoms with Crippen LogP contribution in [0.2, 0.25) is 0 Å². The molecule has 12 amide bonds. The maximum absolute atomic E-state index is 14.9. The van der Waals surface area contributed by atoms with Gasteiger partial charge in [-0.15, -0.1) is 0 Å². The van der Waals surface area contributed by atoms with Crippen LogP contribution in [0.5, 0.6) is 0 Å². The van der Waals surface area contributed by atoms with Crippen molar-refractivity contribution in [3.63, 3.8) is 0 Å². The van der Waals surface area contributed by atoms with Crippen LogP contribution in [0.25, 0.3) is 10.9 Å². The number of hydrazine groups is 1. The number of aliphatic carboxylic acids is 1. The monoisotopic (exact) mass is 1650 g/mol. The van der Waals surface area contributed by atoms with Gasteiger partial charge in [-0.05, 0) is 146 Å². The number of ketones is 2. The van der Waals surface area contributed by atoms with Crippen LogP contribution >= 0.6 is 11.8 Å². The number of likely N-dealkylation sites (N-methyl/N-ethyl adjacent to an activating group) is 1. The summed E-state index contributed by atoms with van der Waals surface area (Å²) in [6.45, 7) is 4.65. The molecule has 0 spiro atoms. The first-order chi connectivity index (χ1) is 55.0. The zero-order valence-corrected chi connectivity index (χ0v) is 66.9. The molecule has 0 aliphatic heterocycles. The smallest absolute Gasteiger partial charge is 0.303 e. The maximum atomic E-state index is 14.9. The summed E-state index contributed by atoms with van der Waals surface area (Å²) in [6, 6.07) is -1.43. The van der Waals surface area contributed by atoms with Gasteiger partial charge in [-0.25, -0.2) is 10.9 Å². The average molecular weight is 1650 g/mol. The largest absolute Gasteiger partial charge is 0.481 e. The van der Waals surface area contributed by atoms with Crippen molar-refractivity contribution in [3.8, 4) is 0 Å². The molecule has 116 heavy (non-hydrogen) atoms. The topological polar surface area (TPSA) is 726 Å². The van der Waals surface area contributed by atoms with E-state index in [9.17, 15) is 77.0 Å². The second kappa shape index (κ2) is 52.7. The summed E-state index contributed by atoms with van der Waals surface area (Å²) in [5, 5.41) is 66.8. The van der Waals surface area contributed by atoms with Gasteiger partial charge >= 0.3 is 5.97 Å². The summed E-state index contributed by atoms with van der Waals surface area (Å²) in [4.78, 5) is 210. The third kappa shape index (κ3) is 37.1. The van der Waals surface area contributed by atoms with E-state index in [1.165, 1.54) is 25.7 Å². The Kier molecular flexibility index (Phi) is 44.8. The van der Waals surface area contributed by atoms with Gasteiger partial charge in [0, 0.05) is 62.4 Å². The molecule has 12 atom stereocenters. The highest BCUT2D eigenvalue weighted by atomic mass is 32.2. The van der Waals surface area contributed by atoms with Crippen molar-refractivity contribution in [1.82, 2.24) is 85.0 Å². The number of carboxylic acid groups (broad SMARTS) is 1. The van der Waals surface area contributed by atoms with E-state index in [1.54, 1.807) is 80.9 Å². The molecule has 0 aliphatic carbocycles. The van der Waals surface area contributed by atoms with Crippen molar-refractivity contribution in [3.05, 3.63) is 71.9 Å². The van der Waals surface area contributed by atoms with E-state index in [2.05, 4.69) is 85.0 Å². The second-order valence-corrected chi connectivity index (χ2v) is 29.0. The zero-order valence-electron chi connectivity index (χ0n) is 66.1. The zero-order chi connectivity index (χ0) is 86.6. The third-order valence-electron chi connectivity index (χ3n) is 18.3. The third-order valence-corrected chi connectivity index (χ3v) is 19.0. The summed E-state index contributed by atoms with van der Waals surface area (Å²) in [6.07, 6.45) is 1.00. The van der Waals surface area contributed by atoms with E-state index in [0.717, 1.165) is 0 Å². The van der Waals surface area contributed by atoms with Gasteiger partial charge in [0.1, 0.15) is 60.4 Å². The second-order valence-electron chi connectivity index (χ2n) is 28.0. The molecule has 3 rings (SSSR count). The van der Waals surface area contributed by atoms with Gasteiger partial charge in [-0.3, -0.25) is 88.1 Å². The van der Waals surface area contributed by atoms with Crippen LogP contribution in [0, 0.1) is 22.1 Å². The number of carbonyl (C=O) groups excluding carboxylic acids is 14. The Morgan fingerprint density at radius 1 is 0.440 bits per heavy atom. The number of aromatic amines is 1. The number of rotatable bonds is 59. The maximum Gasteiger partial charge on any atom is 0.303 e. The van der Waals surface area contributed by atoms with Gasteiger partial charge in [0.2, 0.25) is 82.5 Å². The number of hydrogen-bond acceptors (Lipinski definition) is 23. The Morgan fingerprint density at radius 3 is 1.34 bits per heavy atom. The molecule has 0 radical (unpaired) electrons. The fourth-order valence-corrected chi connectivity index (χ4v) is 12.4. The molecular formula is C73H118N26O16S. The Balaban J connectivity index is 1.99. The number of H-pyrrole nitrogens is 1. The number of carboxylic acids is 1. The van der Waals surface area contributed by atoms with Crippen molar-refractivity contribution in [2.75, 3.05) is 45.2 Å². The minimum absolute atomic E-state index is 0.0131. The lowest BCUT2D eigenvalue weighted by Crippen LogP contribution is -2.61. The number of unbranched alkanes of at least 4 members (excludes halogenated alkanes) is 1. The molecule has 0 saturated heterocycles. The van der Waals surface area contributed by atoms with Gasteiger partial charge in [-0.2, -0.15) is 11.8 Å². The molecule has 0 aliphatic rings. The summed E-state index contributed by atoms with van der Waals surface area (Å²) in [5.74, 6) is -16.0. The highest BCUT2D eigenvalue weighted by molar-refractivity contribution is 7.98. The molecule has 1 heterocycles. The predicted molar refractivity (Wildman–Crippen MR) is 433 cm³/mol. The van der Waals surface area contributed by atoms with Crippen molar-refractivity contribution < 1.29 is 77.0 Å².